The van der Waals surface area contributed by atoms with Gasteiger partial charge in [-0.15, -0.1) is 0 Å². The van der Waals surface area contributed by atoms with Crippen molar-refractivity contribution in [1.82, 2.24) is 15.0 Å². The van der Waals surface area contributed by atoms with E-state index >= 15 is 0 Å². The van der Waals surface area contributed by atoms with Crippen LogP contribution in [0, 0.1) is 23.3 Å². The molecule has 0 radical (unpaired) electrons. The maximum absolute atomic E-state index is 13.9. The lowest BCUT2D eigenvalue weighted by atomic mass is 9.91. The predicted molar refractivity (Wildman–Crippen MR) is 86.3 cm³/mol. The Labute approximate surface area is 155 Å². The van der Waals surface area contributed by atoms with Crippen molar-refractivity contribution in [3.63, 3.8) is 0 Å². The SMILES string of the molecule is O=C(c1noc(-c2cc(F)c(F)c(O)c2F)n1)N1CC(c2ccc(F)cc2)C1. The summed E-state index contributed by atoms with van der Waals surface area (Å²) in [4.78, 5) is 17.5. The number of hydrogen-bond acceptors (Lipinski definition) is 5. The number of carbonyl (C=O) groups is 1. The minimum absolute atomic E-state index is 0.0245. The van der Waals surface area contributed by atoms with Gasteiger partial charge >= 0.3 is 0 Å². The van der Waals surface area contributed by atoms with Crippen LogP contribution in [0.5, 0.6) is 5.75 Å². The van der Waals surface area contributed by atoms with Crippen LogP contribution >= 0.6 is 0 Å². The number of phenolic OH excluding ortho intramolecular Hbond substituents is 1. The molecule has 144 valence electrons. The average molecular weight is 393 g/mol. The molecule has 1 aliphatic rings. The van der Waals surface area contributed by atoms with Crippen molar-refractivity contribution in [2.75, 3.05) is 13.1 Å². The second-order valence-electron chi connectivity index (χ2n) is 6.26. The Bertz CT molecular complexity index is 1060. The third kappa shape index (κ3) is 2.96. The van der Waals surface area contributed by atoms with Crippen LogP contribution in [0.4, 0.5) is 17.6 Å². The lowest BCUT2D eigenvalue weighted by Gasteiger charge is -2.38. The van der Waals surface area contributed by atoms with Crippen LogP contribution in [0.3, 0.4) is 0 Å². The number of aromatic hydroxyl groups is 1. The molecule has 28 heavy (non-hydrogen) atoms. The minimum atomic E-state index is -1.75. The molecule has 1 N–H and O–H groups in total. The Kier molecular flexibility index (Phi) is 4.25. The Morgan fingerprint density at radius 3 is 2.46 bits per heavy atom. The van der Waals surface area contributed by atoms with E-state index in [1.165, 1.54) is 17.0 Å². The Balaban J connectivity index is 1.50. The summed E-state index contributed by atoms with van der Waals surface area (Å²) in [6, 6.07) is 6.37. The Morgan fingerprint density at radius 1 is 1.11 bits per heavy atom. The number of hydrogen-bond donors (Lipinski definition) is 1. The summed E-state index contributed by atoms with van der Waals surface area (Å²) in [6.07, 6.45) is 0. The third-order valence-corrected chi connectivity index (χ3v) is 4.49. The van der Waals surface area contributed by atoms with Gasteiger partial charge in [-0.2, -0.15) is 9.37 Å². The van der Waals surface area contributed by atoms with Gasteiger partial charge in [0.25, 0.3) is 17.6 Å². The smallest absolute Gasteiger partial charge is 0.295 e. The summed E-state index contributed by atoms with van der Waals surface area (Å²) in [6.45, 7) is 0.684. The monoisotopic (exact) mass is 393 g/mol. The molecule has 1 aromatic heterocycles. The first-order chi connectivity index (χ1) is 13.3. The number of carbonyl (C=O) groups excluding carboxylic acids is 1. The van der Waals surface area contributed by atoms with E-state index < -0.39 is 46.4 Å². The number of likely N-dealkylation sites (tertiary alicyclic amines) is 1. The summed E-state index contributed by atoms with van der Waals surface area (Å²) in [5, 5.41) is 12.7. The first-order valence-corrected chi connectivity index (χ1v) is 8.10. The van der Waals surface area contributed by atoms with Gasteiger partial charge in [0.2, 0.25) is 5.82 Å². The lowest BCUT2D eigenvalue weighted by Crippen LogP contribution is -2.48. The molecule has 0 unspecified atom stereocenters. The summed E-state index contributed by atoms with van der Waals surface area (Å²) in [5.74, 6) is -8.16. The van der Waals surface area contributed by atoms with Gasteiger partial charge in [-0.05, 0) is 23.8 Å². The molecule has 1 aliphatic heterocycles. The van der Waals surface area contributed by atoms with E-state index in [4.69, 9.17) is 4.52 Å². The van der Waals surface area contributed by atoms with Crippen LogP contribution in [0.15, 0.2) is 34.9 Å². The normalized spacial score (nSPS) is 14.2. The van der Waals surface area contributed by atoms with Crippen molar-refractivity contribution in [2.24, 2.45) is 0 Å². The zero-order valence-electron chi connectivity index (χ0n) is 14.0. The van der Waals surface area contributed by atoms with Gasteiger partial charge in [0.1, 0.15) is 5.82 Å². The van der Waals surface area contributed by atoms with Crippen molar-refractivity contribution < 1.29 is 32.0 Å². The van der Waals surface area contributed by atoms with E-state index in [9.17, 15) is 27.5 Å². The predicted octanol–water partition coefficient (Wildman–Crippen LogP) is 3.24. The van der Waals surface area contributed by atoms with E-state index in [1.807, 2.05) is 0 Å². The molecule has 1 saturated heterocycles. The van der Waals surface area contributed by atoms with Crippen molar-refractivity contribution >= 4 is 5.91 Å². The highest BCUT2D eigenvalue weighted by molar-refractivity contribution is 5.91. The minimum Gasteiger partial charge on any atom is -0.503 e. The molecule has 4 rings (SSSR count). The lowest BCUT2D eigenvalue weighted by molar-refractivity contribution is 0.0586. The Hall–Kier alpha value is -3.43. The molecule has 2 aromatic carbocycles. The second kappa shape index (κ2) is 6.63. The fraction of sp³-hybridized carbons (Fsp3) is 0.167. The number of rotatable bonds is 3. The van der Waals surface area contributed by atoms with Crippen LogP contribution < -0.4 is 0 Å². The van der Waals surface area contributed by atoms with E-state index in [2.05, 4.69) is 10.1 Å². The molecular formula is C18H11F4N3O3. The zero-order valence-corrected chi connectivity index (χ0v) is 14.0. The molecule has 0 bridgehead atoms. The molecule has 0 atom stereocenters. The average Bonchev–Trinajstić information content (AvgIpc) is 3.13. The van der Waals surface area contributed by atoms with E-state index in [0.29, 0.717) is 19.2 Å². The second-order valence-corrected chi connectivity index (χ2v) is 6.26. The first-order valence-electron chi connectivity index (χ1n) is 8.10. The number of phenols is 1. The molecule has 0 spiro atoms. The third-order valence-electron chi connectivity index (χ3n) is 4.49. The maximum atomic E-state index is 13.9. The maximum Gasteiger partial charge on any atom is 0.295 e. The molecule has 1 fully saturated rings. The van der Waals surface area contributed by atoms with E-state index in [-0.39, 0.29) is 11.7 Å². The van der Waals surface area contributed by atoms with Gasteiger partial charge in [-0.3, -0.25) is 4.79 Å². The van der Waals surface area contributed by atoms with Crippen LogP contribution in [0.25, 0.3) is 11.5 Å². The molecule has 3 aromatic rings. The highest BCUT2D eigenvalue weighted by atomic mass is 19.2. The largest absolute Gasteiger partial charge is 0.503 e. The van der Waals surface area contributed by atoms with Gasteiger partial charge in [-0.25, -0.2) is 13.2 Å². The fourth-order valence-corrected chi connectivity index (χ4v) is 2.90. The highest BCUT2D eigenvalue weighted by Crippen LogP contribution is 2.32. The molecule has 10 heteroatoms. The van der Waals surface area contributed by atoms with Gasteiger partial charge < -0.3 is 14.5 Å². The van der Waals surface area contributed by atoms with Crippen molar-refractivity contribution in [2.45, 2.75) is 5.92 Å². The van der Waals surface area contributed by atoms with Crippen molar-refractivity contribution in [3.05, 3.63) is 65.0 Å². The topological polar surface area (TPSA) is 79.5 Å². The standard InChI is InChI=1S/C18H11F4N3O3/c19-10-3-1-8(2-4-10)9-6-25(7-9)18(27)16-23-17(28-24-16)11-5-12(20)14(22)15(26)13(11)21/h1-5,9,26H,6-7H2. The summed E-state index contributed by atoms with van der Waals surface area (Å²) >= 11 is 0. The molecule has 6 nitrogen and oxygen atoms in total. The molecule has 0 aliphatic carbocycles. The van der Waals surface area contributed by atoms with Gasteiger partial charge in [-0.1, -0.05) is 17.3 Å². The van der Waals surface area contributed by atoms with E-state index in [0.717, 1.165) is 5.56 Å². The highest BCUT2D eigenvalue weighted by Gasteiger charge is 2.35. The van der Waals surface area contributed by atoms with Gasteiger partial charge in [0, 0.05) is 19.0 Å². The molecule has 1 amide bonds. The van der Waals surface area contributed by atoms with Crippen molar-refractivity contribution in [1.29, 1.82) is 0 Å². The van der Waals surface area contributed by atoms with Crippen LogP contribution in [-0.4, -0.2) is 39.1 Å². The summed E-state index contributed by atoms with van der Waals surface area (Å²) in [5.41, 5.74) is 0.203. The molecule has 2 heterocycles. The first kappa shape index (κ1) is 18.0. The van der Waals surface area contributed by atoms with E-state index in [1.54, 1.807) is 12.1 Å². The Morgan fingerprint density at radius 2 is 1.79 bits per heavy atom. The van der Waals surface area contributed by atoms with Crippen molar-refractivity contribution in [3.8, 4) is 17.2 Å². The van der Waals surface area contributed by atoms with Crippen LogP contribution in [0.2, 0.25) is 0 Å². The number of amides is 1. The summed E-state index contributed by atoms with van der Waals surface area (Å²) in [7, 11) is 0. The number of benzene rings is 2. The van der Waals surface area contributed by atoms with Crippen LogP contribution in [0.1, 0.15) is 22.1 Å². The number of nitrogens with zero attached hydrogens (tertiary/aromatic N) is 3. The van der Waals surface area contributed by atoms with Crippen LogP contribution in [-0.2, 0) is 0 Å². The zero-order chi connectivity index (χ0) is 20.0. The summed E-state index contributed by atoms with van der Waals surface area (Å²) < 4.78 is 58.2. The number of aromatic nitrogens is 2. The number of halogens is 4. The fourth-order valence-electron chi connectivity index (χ4n) is 2.90. The van der Waals surface area contributed by atoms with Gasteiger partial charge in [0.05, 0.1) is 5.56 Å². The molecular weight excluding hydrogens is 382 g/mol. The molecule has 0 saturated carbocycles. The van der Waals surface area contributed by atoms with Gasteiger partial charge in [0.15, 0.2) is 17.4 Å². The quantitative estimate of drug-likeness (QED) is 0.546.